The van der Waals surface area contributed by atoms with Gasteiger partial charge in [0.1, 0.15) is 32.2 Å². The maximum Gasteiger partial charge on any atom is 0.417 e. The SMILES string of the molecule is CC(C)[C@H]1COC(=O)N1C(=O)/C=C/c1ccc([N+](=O)[O-])cc1.O=C(/C=C/c1ccc(Cl)cc1)N1C(=O)OC[C@@H]1Cc1ccccc1.O=C(/C=C/c1ccc(O)cc1)N1C(=O)OC[C@@H]1Cc1ccccc1.O=C(/C=C/c1ccoc1)N1C(=O)OC[C@@H]1Cc1ccccc1. The molecule has 1 aromatic heterocycles. The highest BCUT2D eigenvalue weighted by Crippen LogP contribution is 2.24. The quantitative estimate of drug-likeness (QED) is 0.0408. The number of carbonyl (C=O) groups excluding carboxylic acids is 8. The minimum atomic E-state index is -0.642. The summed E-state index contributed by atoms with van der Waals surface area (Å²) in [6.07, 6.45) is 14.0. The Hall–Kier alpha value is -11.2. The second-order valence-electron chi connectivity index (χ2n) is 21.4. The van der Waals surface area contributed by atoms with Crippen molar-refractivity contribution in [3.8, 4) is 5.75 Å². The molecule has 6 aromatic carbocycles. The third kappa shape index (κ3) is 19.2. The minimum Gasteiger partial charge on any atom is -0.508 e. The normalized spacial score (nSPS) is 17.6. The van der Waals surface area contributed by atoms with E-state index in [1.165, 1.54) is 89.1 Å². The van der Waals surface area contributed by atoms with Gasteiger partial charge in [-0.2, -0.15) is 0 Å². The number of cyclic esters (lactones) is 4. The molecule has 11 rings (SSSR count). The van der Waals surface area contributed by atoms with Crippen LogP contribution in [0.25, 0.3) is 24.3 Å². The summed E-state index contributed by atoms with van der Waals surface area (Å²) in [6, 6.07) is 49.0. The number of non-ortho nitro benzene ring substituents is 1. The number of nitro benzene ring substituents is 1. The van der Waals surface area contributed by atoms with Gasteiger partial charge in [-0.3, -0.25) is 29.3 Å². The van der Waals surface area contributed by atoms with Crippen LogP contribution in [0, 0.1) is 16.0 Å². The number of ether oxygens (including phenoxy) is 4. The number of hydrogen-bond acceptors (Lipinski definition) is 16. The second-order valence-corrected chi connectivity index (χ2v) is 21.8. The molecule has 4 aliphatic rings. The van der Waals surface area contributed by atoms with Crippen molar-refractivity contribution in [2.45, 2.75) is 57.3 Å². The van der Waals surface area contributed by atoms with Crippen molar-refractivity contribution in [2.75, 3.05) is 26.4 Å². The van der Waals surface area contributed by atoms with E-state index in [4.69, 9.17) is 35.0 Å². The van der Waals surface area contributed by atoms with Crippen LogP contribution in [0.2, 0.25) is 5.02 Å². The predicted molar refractivity (Wildman–Crippen MR) is 341 cm³/mol. The first kappa shape index (κ1) is 66.8. The van der Waals surface area contributed by atoms with E-state index in [-0.39, 0.29) is 79.8 Å². The first-order valence-electron chi connectivity index (χ1n) is 29.1. The van der Waals surface area contributed by atoms with Crippen LogP contribution in [0.3, 0.4) is 0 Å². The number of nitro groups is 1. The first-order valence-corrected chi connectivity index (χ1v) is 29.4. The molecule has 21 nitrogen and oxygen atoms in total. The van der Waals surface area contributed by atoms with Crippen LogP contribution >= 0.6 is 11.6 Å². The lowest BCUT2D eigenvalue weighted by molar-refractivity contribution is -0.384. The number of carbonyl (C=O) groups is 8. The first-order chi connectivity index (χ1) is 44.4. The molecule has 472 valence electrons. The predicted octanol–water partition coefficient (Wildman–Crippen LogP) is 12.4. The lowest BCUT2D eigenvalue weighted by Crippen LogP contribution is -2.40. The van der Waals surface area contributed by atoms with E-state index in [1.807, 2.05) is 105 Å². The number of imide groups is 4. The van der Waals surface area contributed by atoms with Gasteiger partial charge in [0.2, 0.25) is 0 Å². The van der Waals surface area contributed by atoms with E-state index in [1.54, 1.807) is 60.7 Å². The molecule has 8 amide bonds. The van der Waals surface area contributed by atoms with Gasteiger partial charge in [-0.15, -0.1) is 0 Å². The molecule has 0 bridgehead atoms. The Labute approximate surface area is 534 Å². The van der Waals surface area contributed by atoms with Crippen LogP contribution in [-0.2, 0) is 57.4 Å². The number of phenolic OH excluding ortho intramolecular Hbond substituents is 1. The van der Waals surface area contributed by atoms with Crippen molar-refractivity contribution in [2.24, 2.45) is 5.92 Å². The molecule has 22 heteroatoms. The van der Waals surface area contributed by atoms with Crippen molar-refractivity contribution >= 4 is 89.6 Å². The maximum absolute atomic E-state index is 12.4. The minimum absolute atomic E-state index is 0.0218. The van der Waals surface area contributed by atoms with Gasteiger partial charge in [0.25, 0.3) is 29.3 Å². The smallest absolute Gasteiger partial charge is 0.417 e. The lowest BCUT2D eigenvalue weighted by atomic mass is 10.0. The number of nitrogens with zero attached hydrogens (tertiary/aromatic N) is 5. The lowest BCUT2D eigenvalue weighted by Gasteiger charge is -2.20. The Morgan fingerprint density at radius 3 is 1.18 bits per heavy atom. The van der Waals surface area contributed by atoms with E-state index < -0.39 is 41.1 Å². The molecule has 7 aromatic rings. The Kier molecular flexibility index (Phi) is 23.8. The Morgan fingerprint density at radius 2 is 0.826 bits per heavy atom. The van der Waals surface area contributed by atoms with E-state index in [2.05, 4.69) is 0 Å². The summed E-state index contributed by atoms with van der Waals surface area (Å²) < 4.78 is 25.0. The van der Waals surface area contributed by atoms with E-state index in [9.17, 15) is 53.6 Å². The standard InChI is InChI=1S/C19H16ClNO3.C19H17NO4.C17H15NO4.C15H16N2O5/c20-16-9-6-14(7-10-16)8-11-18(22)21-17(13-24-19(21)23)12-15-4-2-1-3-5-15;21-17-9-6-14(7-10-17)8-11-18(22)20-16(13-24-19(20)23)12-15-4-2-1-3-5-15;19-16(7-6-14-8-9-21-11-14)18-15(12-22-17(18)20)10-13-4-2-1-3-5-13;1-10(2)13-9-22-15(19)16(13)14(18)8-5-11-3-6-12(7-4-11)17(20)21/h1-11,17H,12-13H2;1-11,16,21H,12-13H2;1-9,11,15H,10,12H2;3-8,10,13H,9H2,1-2H3/b2*11-8+;7-6+;8-5+/t17-;16-;15-;13-/m0001/s1. The molecule has 0 spiro atoms. The molecular weight excluding hydrogens is 1200 g/mol. The molecule has 0 saturated carbocycles. The fraction of sp³-hybridized carbons (Fsp3) is 0.200. The van der Waals surface area contributed by atoms with Gasteiger partial charge in [-0.25, -0.2) is 38.8 Å². The summed E-state index contributed by atoms with van der Waals surface area (Å²) in [4.78, 5) is 111. The van der Waals surface area contributed by atoms with Crippen molar-refractivity contribution in [1.82, 2.24) is 19.6 Å². The zero-order chi connectivity index (χ0) is 65.5. The zero-order valence-electron chi connectivity index (χ0n) is 50.0. The number of rotatable bonds is 16. The number of phenols is 1. The van der Waals surface area contributed by atoms with E-state index >= 15 is 0 Å². The van der Waals surface area contributed by atoms with Gasteiger partial charge < -0.3 is 28.5 Å². The molecule has 92 heavy (non-hydrogen) atoms. The van der Waals surface area contributed by atoms with Crippen LogP contribution < -0.4 is 0 Å². The second kappa shape index (κ2) is 32.9. The van der Waals surface area contributed by atoms with Gasteiger partial charge >= 0.3 is 24.4 Å². The number of amides is 8. The molecule has 4 fully saturated rings. The van der Waals surface area contributed by atoms with Gasteiger partial charge in [-0.1, -0.05) is 141 Å². The zero-order valence-corrected chi connectivity index (χ0v) is 50.7. The van der Waals surface area contributed by atoms with Crippen molar-refractivity contribution in [3.63, 3.8) is 0 Å². The van der Waals surface area contributed by atoms with Gasteiger partial charge in [0, 0.05) is 47.0 Å². The third-order valence-electron chi connectivity index (χ3n) is 14.5. The fourth-order valence-electron chi connectivity index (χ4n) is 9.71. The highest BCUT2D eigenvalue weighted by molar-refractivity contribution is 6.30. The molecule has 4 aliphatic heterocycles. The van der Waals surface area contributed by atoms with Gasteiger partial charge in [-0.05, 0) is 125 Å². The summed E-state index contributed by atoms with van der Waals surface area (Å²) in [5.41, 5.74) is 6.12. The van der Waals surface area contributed by atoms with Crippen molar-refractivity contribution in [1.29, 1.82) is 0 Å². The molecule has 0 unspecified atom stereocenters. The van der Waals surface area contributed by atoms with Gasteiger partial charge in [0.15, 0.2) is 0 Å². The van der Waals surface area contributed by atoms with Crippen molar-refractivity contribution in [3.05, 3.63) is 261 Å². The summed E-state index contributed by atoms with van der Waals surface area (Å²) in [5.74, 6) is -1.38. The van der Waals surface area contributed by atoms with E-state index in [0.29, 0.717) is 29.8 Å². The Bertz CT molecular complexity index is 3670. The highest BCUT2D eigenvalue weighted by Gasteiger charge is 2.40. The molecular formula is C70H64ClN5O16. The highest BCUT2D eigenvalue weighted by atomic mass is 35.5. The van der Waals surface area contributed by atoms with Crippen molar-refractivity contribution < 1.29 is 71.8 Å². The van der Waals surface area contributed by atoms with Crippen LogP contribution in [0.15, 0.2) is 211 Å². The number of furan rings is 1. The van der Waals surface area contributed by atoms with E-state index in [0.717, 1.165) is 43.2 Å². The number of benzene rings is 6. The van der Waals surface area contributed by atoms with Crippen LogP contribution in [0.5, 0.6) is 5.75 Å². The number of halogens is 1. The maximum atomic E-state index is 12.4. The fourth-order valence-corrected chi connectivity index (χ4v) is 9.83. The molecule has 0 aliphatic carbocycles. The number of aromatic hydroxyl groups is 1. The Morgan fingerprint density at radius 1 is 0.489 bits per heavy atom. The van der Waals surface area contributed by atoms with Crippen LogP contribution in [-0.4, -0.2) is 128 Å². The topological polar surface area (TPSA) is 263 Å². The average Bonchev–Trinajstić information content (AvgIpc) is 2.19. The summed E-state index contributed by atoms with van der Waals surface area (Å²) in [7, 11) is 0. The average molecular weight is 1270 g/mol. The molecule has 0 radical (unpaired) electrons. The summed E-state index contributed by atoms with van der Waals surface area (Å²) in [5, 5.41) is 20.4. The largest absolute Gasteiger partial charge is 0.508 e. The third-order valence-corrected chi connectivity index (χ3v) is 14.8. The molecule has 5 heterocycles. The van der Waals surface area contributed by atoms with Gasteiger partial charge in [0.05, 0.1) is 41.6 Å². The van der Waals surface area contributed by atoms with Crippen LogP contribution in [0.4, 0.5) is 24.9 Å². The molecule has 4 saturated heterocycles. The summed E-state index contributed by atoms with van der Waals surface area (Å²) in [6.45, 7) is 4.66. The Balaban J connectivity index is 0.000000158. The van der Waals surface area contributed by atoms with Crippen LogP contribution in [0.1, 0.15) is 52.8 Å². The summed E-state index contributed by atoms with van der Waals surface area (Å²) >= 11 is 5.83. The molecule has 1 N–H and O–H groups in total. The monoisotopic (exact) mass is 1270 g/mol. The number of hydrogen-bond donors (Lipinski definition) is 1. The molecule has 4 atom stereocenters.